The van der Waals surface area contributed by atoms with Gasteiger partial charge in [-0.25, -0.2) is 4.39 Å². The standard InChI is InChI=1S/C15H17FN2O2/c16-10-1-2-14-13(7-10)15(20)8-11(17-14)9-18-5-3-12(19)4-6-18/h1-2,7-8,12,19H,3-6,9H2,(H,17,20). The van der Waals surface area contributed by atoms with E-state index in [1.165, 1.54) is 18.2 Å². The van der Waals surface area contributed by atoms with Crippen LogP contribution < -0.4 is 5.43 Å². The second-order valence-electron chi connectivity index (χ2n) is 5.36. The highest BCUT2D eigenvalue weighted by molar-refractivity contribution is 5.78. The number of nitrogens with one attached hydrogen (secondary N) is 1. The predicted molar refractivity (Wildman–Crippen MR) is 75.0 cm³/mol. The molecule has 106 valence electrons. The first kappa shape index (κ1) is 13.3. The van der Waals surface area contributed by atoms with Crippen LogP contribution in [0.5, 0.6) is 0 Å². The molecule has 0 aliphatic carbocycles. The molecule has 3 rings (SSSR count). The van der Waals surface area contributed by atoms with Crippen LogP contribution in [0.25, 0.3) is 10.9 Å². The Morgan fingerprint density at radius 2 is 2.05 bits per heavy atom. The molecule has 1 saturated heterocycles. The lowest BCUT2D eigenvalue weighted by Gasteiger charge is -2.29. The highest BCUT2D eigenvalue weighted by Gasteiger charge is 2.17. The van der Waals surface area contributed by atoms with Gasteiger partial charge in [-0.2, -0.15) is 0 Å². The van der Waals surface area contributed by atoms with Crippen LogP contribution in [0.15, 0.2) is 29.1 Å². The summed E-state index contributed by atoms with van der Waals surface area (Å²) in [6, 6.07) is 5.73. The number of aliphatic hydroxyl groups excluding tert-OH is 1. The number of halogens is 1. The van der Waals surface area contributed by atoms with Crippen molar-refractivity contribution in [3.8, 4) is 0 Å². The molecule has 0 saturated carbocycles. The van der Waals surface area contributed by atoms with Crippen LogP contribution in [-0.4, -0.2) is 34.2 Å². The minimum atomic E-state index is -0.402. The van der Waals surface area contributed by atoms with Crippen molar-refractivity contribution in [2.45, 2.75) is 25.5 Å². The molecule has 0 spiro atoms. The van der Waals surface area contributed by atoms with Crippen molar-refractivity contribution in [1.82, 2.24) is 9.88 Å². The first-order valence-electron chi connectivity index (χ1n) is 6.84. The lowest BCUT2D eigenvalue weighted by Crippen LogP contribution is -2.35. The number of likely N-dealkylation sites (tertiary alicyclic amines) is 1. The van der Waals surface area contributed by atoms with Crippen LogP contribution >= 0.6 is 0 Å². The van der Waals surface area contributed by atoms with Crippen molar-refractivity contribution in [2.24, 2.45) is 0 Å². The van der Waals surface area contributed by atoms with Crippen molar-refractivity contribution >= 4 is 10.9 Å². The minimum Gasteiger partial charge on any atom is -0.393 e. The molecule has 0 atom stereocenters. The number of H-pyrrole nitrogens is 1. The average Bonchev–Trinajstić information content (AvgIpc) is 2.42. The van der Waals surface area contributed by atoms with E-state index in [0.717, 1.165) is 31.6 Å². The summed E-state index contributed by atoms with van der Waals surface area (Å²) in [6.45, 7) is 2.30. The molecular formula is C15H17FN2O2. The summed E-state index contributed by atoms with van der Waals surface area (Å²) in [5.74, 6) is -0.402. The van der Waals surface area contributed by atoms with Gasteiger partial charge in [0.1, 0.15) is 5.82 Å². The number of aromatic amines is 1. The third-order valence-electron chi connectivity index (χ3n) is 3.80. The van der Waals surface area contributed by atoms with Crippen molar-refractivity contribution in [3.05, 3.63) is 46.0 Å². The fourth-order valence-electron chi connectivity index (χ4n) is 2.68. The van der Waals surface area contributed by atoms with Crippen molar-refractivity contribution in [3.63, 3.8) is 0 Å². The number of fused-ring (bicyclic) bond motifs is 1. The van der Waals surface area contributed by atoms with Crippen LogP contribution in [0.4, 0.5) is 4.39 Å². The number of rotatable bonds is 2. The fourth-order valence-corrected chi connectivity index (χ4v) is 2.68. The smallest absolute Gasteiger partial charge is 0.189 e. The fraction of sp³-hybridized carbons (Fsp3) is 0.400. The van der Waals surface area contributed by atoms with Gasteiger partial charge in [0.25, 0.3) is 0 Å². The van der Waals surface area contributed by atoms with Crippen LogP contribution in [0.3, 0.4) is 0 Å². The number of hydrogen-bond acceptors (Lipinski definition) is 3. The largest absolute Gasteiger partial charge is 0.393 e. The van der Waals surface area contributed by atoms with Crippen molar-refractivity contribution < 1.29 is 9.50 Å². The molecule has 0 amide bonds. The number of nitrogens with zero attached hydrogens (tertiary/aromatic N) is 1. The molecule has 1 fully saturated rings. The molecule has 4 nitrogen and oxygen atoms in total. The van der Waals surface area contributed by atoms with E-state index < -0.39 is 5.82 Å². The van der Waals surface area contributed by atoms with E-state index in [0.29, 0.717) is 17.4 Å². The summed E-state index contributed by atoms with van der Waals surface area (Å²) in [5.41, 5.74) is 1.32. The second kappa shape index (κ2) is 5.34. The molecule has 1 aromatic heterocycles. The van der Waals surface area contributed by atoms with E-state index in [1.54, 1.807) is 6.07 Å². The molecule has 2 aromatic rings. The highest BCUT2D eigenvalue weighted by Crippen LogP contribution is 2.14. The van der Waals surface area contributed by atoms with Gasteiger partial charge in [0, 0.05) is 42.3 Å². The van der Waals surface area contributed by atoms with Gasteiger partial charge in [-0.3, -0.25) is 9.69 Å². The Hall–Kier alpha value is -1.72. The van der Waals surface area contributed by atoms with E-state index in [-0.39, 0.29) is 11.5 Å². The Bertz CT molecular complexity index is 675. The number of hydrogen-bond donors (Lipinski definition) is 2. The maximum absolute atomic E-state index is 13.1. The lowest BCUT2D eigenvalue weighted by molar-refractivity contribution is 0.0787. The maximum Gasteiger partial charge on any atom is 0.189 e. The van der Waals surface area contributed by atoms with Gasteiger partial charge in [-0.1, -0.05) is 0 Å². The summed E-state index contributed by atoms with van der Waals surface area (Å²) < 4.78 is 13.1. The topological polar surface area (TPSA) is 56.3 Å². The van der Waals surface area contributed by atoms with Gasteiger partial charge in [0.15, 0.2) is 5.43 Å². The monoisotopic (exact) mass is 276 g/mol. The molecule has 1 aliphatic rings. The van der Waals surface area contributed by atoms with Gasteiger partial charge >= 0.3 is 0 Å². The van der Waals surface area contributed by atoms with E-state index in [2.05, 4.69) is 9.88 Å². The normalized spacial score (nSPS) is 17.7. The Morgan fingerprint density at radius 3 is 2.80 bits per heavy atom. The van der Waals surface area contributed by atoms with Gasteiger partial charge in [-0.15, -0.1) is 0 Å². The third-order valence-corrected chi connectivity index (χ3v) is 3.80. The molecule has 2 heterocycles. The Kier molecular flexibility index (Phi) is 3.54. The number of piperidine rings is 1. The van der Waals surface area contributed by atoms with Crippen LogP contribution in [0.2, 0.25) is 0 Å². The molecule has 0 radical (unpaired) electrons. The molecule has 2 N–H and O–H groups in total. The zero-order chi connectivity index (χ0) is 14.1. The van der Waals surface area contributed by atoms with Gasteiger partial charge in [0.2, 0.25) is 0 Å². The Balaban J connectivity index is 1.85. The summed E-state index contributed by atoms with van der Waals surface area (Å²) in [6.07, 6.45) is 1.33. The van der Waals surface area contributed by atoms with Gasteiger partial charge < -0.3 is 10.1 Å². The zero-order valence-corrected chi connectivity index (χ0v) is 11.1. The number of aliphatic hydroxyl groups is 1. The molecule has 1 aromatic carbocycles. The molecule has 0 unspecified atom stereocenters. The average molecular weight is 276 g/mol. The summed E-state index contributed by atoms with van der Waals surface area (Å²) in [7, 11) is 0. The first-order chi connectivity index (χ1) is 9.61. The molecule has 5 heteroatoms. The van der Waals surface area contributed by atoms with Crippen LogP contribution in [0.1, 0.15) is 18.5 Å². The predicted octanol–water partition coefficient (Wildman–Crippen LogP) is 1.62. The third kappa shape index (κ3) is 2.73. The maximum atomic E-state index is 13.1. The number of pyridine rings is 1. The summed E-state index contributed by atoms with van der Waals surface area (Å²) >= 11 is 0. The molecule has 0 bridgehead atoms. The Morgan fingerprint density at radius 1 is 1.30 bits per heavy atom. The molecule has 20 heavy (non-hydrogen) atoms. The molecule has 1 aliphatic heterocycles. The van der Waals surface area contributed by atoms with Crippen LogP contribution in [0, 0.1) is 5.82 Å². The lowest BCUT2D eigenvalue weighted by atomic mass is 10.1. The van der Waals surface area contributed by atoms with E-state index in [4.69, 9.17) is 0 Å². The Labute approximate surface area is 115 Å². The second-order valence-corrected chi connectivity index (χ2v) is 5.36. The van der Waals surface area contributed by atoms with Crippen LogP contribution in [-0.2, 0) is 6.54 Å². The van der Waals surface area contributed by atoms with Crippen molar-refractivity contribution in [1.29, 1.82) is 0 Å². The van der Waals surface area contributed by atoms with E-state index >= 15 is 0 Å². The van der Waals surface area contributed by atoms with E-state index in [1.807, 2.05) is 0 Å². The SMILES string of the molecule is O=c1cc(CN2CCC(O)CC2)[nH]c2ccc(F)cc12. The van der Waals surface area contributed by atoms with Gasteiger partial charge in [0.05, 0.1) is 6.10 Å². The number of benzene rings is 1. The quantitative estimate of drug-likeness (QED) is 0.876. The zero-order valence-electron chi connectivity index (χ0n) is 11.1. The summed E-state index contributed by atoms with van der Waals surface area (Å²) in [5, 5.41) is 9.86. The number of aromatic nitrogens is 1. The summed E-state index contributed by atoms with van der Waals surface area (Å²) in [4.78, 5) is 17.4. The van der Waals surface area contributed by atoms with Crippen molar-refractivity contribution in [2.75, 3.05) is 13.1 Å². The van der Waals surface area contributed by atoms with Gasteiger partial charge in [-0.05, 0) is 31.0 Å². The molecular weight excluding hydrogens is 259 g/mol. The van der Waals surface area contributed by atoms with E-state index in [9.17, 15) is 14.3 Å². The minimum absolute atomic E-state index is 0.162. The first-order valence-corrected chi connectivity index (χ1v) is 6.84. The highest BCUT2D eigenvalue weighted by atomic mass is 19.1.